The zero-order chi connectivity index (χ0) is 15.7. The quantitative estimate of drug-likeness (QED) is 0.857. The van der Waals surface area contributed by atoms with Gasteiger partial charge in [-0.05, 0) is 0 Å². The summed E-state index contributed by atoms with van der Waals surface area (Å²) < 4.78 is 1.75. The highest BCUT2D eigenvalue weighted by atomic mass is 16.2. The zero-order valence-electron chi connectivity index (χ0n) is 13.1. The van der Waals surface area contributed by atoms with Crippen molar-refractivity contribution in [3.8, 4) is 0 Å². The SMILES string of the molecule is CC(C)c1nc(NCCN2CCNC2=O)c2cnn(C)c2n1. The maximum Gasteiger partial charge on any atom is 0.317 e. The Bertz CT molecular complexity index is 694. The molecular formula is C14H21N7O. The van der Waals surface area contributed by atoms with Gasteiger partial charge in [-0.2, -0.15) is 5.10 Å². The van der Waals surface area contributed by atoms with Crippen LogP contribution >= 0.6 is 0 Å². The summed E-state index contributed by atoms with van der Waals surface area (Å²) in [7, 11) is 1.87. The van der Waals surface area contributed by atoms with Gasteiger partial charge in [0.05, 0.1) is 11.6 Å². The highest BCUT2D eigenvalue weighted by Gasteiger charge is 2.19. The minimum Gasteiger partial charge on any atom is -0.368 e. The number of aromatic nitrogens is 4. The molecule has 2 aromatic heterocycles. The van der Waals surface area contributed by atoms with Crippen molar-refractivity contribution >= 4 is 22.9 Å². The van der Waals surface area contributed by atoms with Crippen LogP contribution < -0.4 is 10.6 Å². The fourth-order valence-electron chi connectivity index (χ4n) is 2.47. The van der Waals surface area contributed by atoms with Crippen LogP contribution in [-0.4, -0.2) is 56.9 Å². The number of carbonyl (C=O) groups excluding carboxylic acids is 1. The first kappa shape index (κ1) is 14.6. The minimum absolute atomic E-state index is 0.00104. The Morgan fingerprint density at radius 3 is 2.91 bits per heavy atom. The monoisotopic (exact) mass is 303 g/mol. The lowest BCUT2D eigenvalue weighted by Gasteiger charge is -2.15. The van der Waals surface area contributed by atoms with E-state index in [1.807, 2.05) is 7.05 Å². The van der Waals surface area contributed by atoms with Gasteiger partial charge >= 0.3 is 6.03 Å². The molecule has 0 unspecified atom stereocenters. The van der Waals surface area contributed by atoms with Gasteiger partial charge in [0, 0.05) is 39.1 Å². The third kappa shape index (κ3) is 2.68. The topological polar surface area (TPSA) is 88.0 Å². The molecule has 0 atom stereocenters. The van der Waals surface area contributed by atoms with Crippen LogP contribution in [0.1, 0.15) is 25.6 Å². The number of fused-ring (bicyclic) bond motifs is 1. The molecule has 3 rings (SSSR count). The van der Waals surface area contributed by atoms with Crippen LogP contribution in [0.15, 0.2) is 6.20 Å². The normalized spacial score (nSPS) is 14.9. The number of nitrogens with one attached hydrogen (secondary N) is 2. The number of nitrogens with zero attached hydrogens (tertiary/aromatic N) is 5. The van der Waals surface area contributed by atoms with Gasteiger partial charge in [-0.15, -0.1) is 0 Å². The molecule has 1 aliphatic heterocycles. The van der Waals surface area contributed by atoms with Crippen molar-refractivity contribution < 1.29 is 4.79 Å². The van der Waals surface area contributed by atoms with Crippen molar-refractivity contribution in [2.24, 2.45) is 7.05 Å². The fourth-order valence-corrected chi connectivity index (χ4v) is 2.47. The number of carbonyl (C=O) groups is 1. The van der Waals surface area contributed by atoms with Gasteiger partial charge < -0.3 is 15.5 Å². The summed E-state index contributed by atoms with van der Waals surface area (Å²) in [5, 5.41) is 11.3. The largest absolute Gasteiger partial charge is 0.368 e. The molecule has 22 heavy (non-hydrogen) atoms. The van der Waals surface area contributed by atoms with Crippen molar-refractivity contribution in [2.75, 3.05) is 31.5 Å². The molecule has 1 fully saturated rings. The second-order valence-electron chi connectivity index (χ2n) is 5.74. The van der Waals surface area contributed by atoms with Gasteiger partial charge in [0.15, 0.2) is 5.65 Å². The molecule has 1 aliphatic rings. The van der Waals surface area contributed by atoms with E-state index in [-0.39, 0.29) is 11.9 Å². The van der Waals surface area contributed by atoms with E-state index in [1.165, 1.54) is 0 Å². The van der Waals surface area contributed by atoms with E-state index in [0.717, 1.165) is 35.8 Å². The number of aryl methyl sites for hydroxylation is 1. The van der Waals surface area contributed by atoms with E-state index in [1.54, 1.807) is 15.8 Å². The van der Waals surface area contributed by atoms with Crippen molar-refractivity contribution in [1.29, 1.82) is 0 Å². The van der Waals surface area contributed by atoms with Gasteiger partial charge in [-0.25, -0.2) is 14.8 Å². The van der Waals surface area contributed by atoms with Gasteiger partial charge in [0.2, 0.25) is 0 Å². The summed E-state index contributed by atoms with van der Waals surface area (Å²) in [6.45, 7) is 6.90. The molecule has 0 aromatic carbocycles. The van der Waals surface area contributed by atoms with Crippen LogP contribution in [0.4, 0.5) is 10.6 Å². The molecule has 0 aliphatic carbocycles. The molecule has 1 saturated heterocycles. The van der Waals surface area contributed by atoms with Gasteiger partial charge in [0.1, 0.15) is 11.6 Å². The van der Waals surface area contributed by atoms with E-state index in [4.69, 9.17) is 0 Å². The second-order valence-corrected chi connectivity index (χ2v) is 5.74. The summed E-state index contributed by atoms with van der Waals surface area (Å²) in [4.78, 5) is 22.5. The van der Waals surface area contributed by atoms with Crippen LogP contribution in [0.3, 0.4) is 0 Å². The predicted octanol–water partition coefficient (Wildman–Crippen LogP) is 0.924. The van der Waals surface area contributed by atoms with E-state index in [2.05, 4.69) is 39.5 Å². The lowest BCUT2D eigenvalue weighted by atomic mass is 10.2. The molecule has 0 radical (unpaired) electrons. The molecule has 0 spiro atoms. The number of rotatable bonds is 5. The third-order valence-corrected chi connectivity index (χ3v) is 3.75. The Labute approximate surface area is 128 Å². The molecule has 2 N–H and O–H groups in total. The van der Waals surface area contributed by atoms with Crippen LogP contribution in [0.25, 0.3) is 11.0 Å². The Morgan fingerprint density at radius 1 is 1.41 bits per heavy atom. The highest BCUT2D eigenvalue weighted by molar-refractivity contribution is 5.86. The van der Waals surface area contributed by atoms with Crippen LogP contribution in [0.5, 0.6) is 0 Å². The minimum atomic E-state index is -0.00104. The average molecular weight is 303 g/mol. The van der Waals surface area contributed by atoms with Crippen LogP contribution in [0.2, 0.25) is 0 Å². The number of urea groups is 1. The Balaban J connectivity index is 1.78. The highest BCUT2D eigenvalue weighted by Crippen LogP contribution is 2.22. The number of hydrogen-bond donors (Lipinski definition) is 2. The zero-order valence-corrected chi connectivity index (χ0v) is 13.1. The van der Waals surface area contributed by atoms with E-state index in [0.29, 0.717) is 13.1 Å². The Hall–Kier alpha value is -2.38. The number of anilines is 1. The molecule has 118 valence electrons. The van der Waals surface area contributed by atoms with Crippen molar-refractivity contribution in [3.63, 3.8) is 0 Å². The molecular weight excluding hydrogens is 282 g/mol. The lowest BCUT2D eigenvalue weighted by Crippen LogP contribution is -2.32. The van der Waals surface area contributed by atoms with E-state index in [9.17, 15) is 4.79 Å². The molecule has 2 amide bonds. The first-order chi connectivity index (χ1) is 10.6. The summed E-state index contributed by atoms with van der Waals surface area (Å²) in [6.07, 6.45) is 1.77. The first-order valence-corrected chi connectivity index (χ1v) is 7.52. The van der Waals surface area contributed by atoms with Crippen LogP contribution in [-0.2, 0) is 7.05 Å². The summed E-state index contributed by atoms with van der Waals surface area (Å²) in [5.74, 6) is 1.81. The summed E-state index contributed by atoms with van der Waals surface area (Å²) >= 11 is 0. The van der Waals surface area contributed by atoms with Gasteiger partial charge in [-0.1, -0.05) is 13.8 Å². The maximum absolute atomic E-state index is 11.5. The molecule has 3 heterocycles. The summed E-state index contributed by atoms with van der Waals surface area (Å²) in [5.41, 5.74) is 0.820. The lowest BCUT2D eigenvalue weighted by molar-refractivity contribution is 0.219. The molecule has 8 heteroatoms. The second kappa shape index (κ2) is 5.78. The Kier molecular flexibility index (Phi) is 3.82. The average Bonchev–Trinajstić information content (AvgIpc) is 3.06. The van der Waals surface area contributed by atoms with E-state index < -0.39 is 0 Å². The molecule has 0 saturated carbocycles. The maximum atomic E-state index is 11.5. The van der Waals surface area contributed by atoms with Crippen molar-refractivity contribution in [1.82, 2.24) is 30.0 Å². The fraction of sp³-hybridized carbons (Fsp3) is 0.571. The van der Waals surface area contributed by atoms with Gasteiger partial charge in [0.25, 0.3) is 0 Å². The number of hydrogen-bond acceptors (Lipinski definition) is 5. The van der Waals surface area contributed by atoms with Gasteiger partial charge in [-0.3, -0.25) is 4.68 Å². The first-order valence-electron chi connectivity index (χ1n) is 7.52. The third-order valence-electron chi connectivity index (χ3n) is 3.75. The van der Waals surface area contributed by atoms with Crippen molar-refractivity contribution in [3.05, 3.63) is 12.0 Å². The van der Waals surface area contributed by atoms with E-state index >= 15 is 0 Å². The summed E-state index contributed by atoms with van der Waals surface area (Å²) in [6, 6.07) is -0.00104. The van der Waals surface area contributed by atoms with Crippen LogP contribution in [0, 0.1) is 0 Å². The Morgan fingerprint density at radius 2 is 2.23 bits per heavy atom. The standard InChI is InChI=1S/C14H21N7O/c1-9(2)11-18-12(10-8-17-20(3)13(10)19-11)15-4-6-21-7-5-16-14(21)22/h8-9H,4-7H2,1-3H3,(H,16,22)(H,15,18,19). The smallest absolute Gasteiger partial charge is 0.317 e. The molecule has 8 nitrogen and oxygen atoms in total. The molecule has 0 bridgehead atoms. The van der Waals surface area contributed by atoms with Crippen molar-refractivity contribution in [2.45, 2.75) is 19.8 Å². The number of amides is 2. The molecule has 2 aromatic rings. The predicted molar refractivity (Wildman–Crippen MR) is 83.9 cm³/mol.